The summed E-state index contributed by atoms with van der Waals surface area (Å²) in [6.07, 6.45) is 7.79. The number of unbranched alkanes of at least 4 members (excludes halogenated alkanes) is 5. The molecule has 4 heteroatoms. The number of anilines is 1. The van der Waals surface area contributed by atoms with Crippen LogP contribution in [0.15, 0.2) is 18.2 Å². The van der Waals surface area contributed by atoms with Crippen molar-refractivity contribution in [2.45, 2.75) is 77.7 Å². The van der Waals surface area contributed by atoms with Crippen molar-refractivity contribution in [3.63, 3.8) is 0 Å². The molecular weight excluding hydrogens is 413 g/mol. The summed E-state index contributed by atoms with van der Waals surface area (Å²) in [5.41, 5.74) is 2.78. The van der Waals surface area contributed by atoms with Crippen LogP contribution in [-0.4, -0.2) is 23.7 Å². The number of rotatable bonds is 8. The number of benzene rings is 1. The fourth-order valence-corrected chi connectivity index (χ4v) is 3.64. The van der Waals surface area contributed by atoms with Crippen LogP contribution in [0.4, 0.5) is 5.69 Å². The van der Waals surface area contributed by atoms with Gasteiger partial charge in [0.2, 0.25) is 0 Å². The van der Waals surface area contributed by atoms with E-state index in [1.165, 1.54) is 49.8 Å². The van der Waals surface area contributed by atoms with E-state index in [2.05, 4.69) is 32.6 Å². The number of carboxylic acid groups (broad SMARTS) is 1. The molecule has 0 aliphatic carbocycles. The van der Waals surface area contributed by atoms with E-state index in [4.69, 9.17) is 0 Å². The lowest BCUT2D eigenvalue weighted by atomic mass is 9.81. The number of hydrogen-bond donors (Lipinski definition) is 1. The number of carbonyl (C=O) groups is 1. The number of hydrogen-bond acceptors (Lipinski definition) is 2. The molecule has 0 spiro atoms. The van der Waals surface area contributed by atoms with Gasteiger partial charge in [0.1, 0.15) is 0 Å². The Morgan fingerprint density at radius 1 is 1.17 bits per heavy atom. The van der Waals surface area contributed by atoms with Crippen LogP contribution in [0.5, 0.6) is 0 Å². The smallest absolute Gasteiger partial charge is 0.335 e. The molecule has 0 saturated heterocycles. The predicted molar refractivity (Wildman–Crippen MR) is 112 cm³/mol. The second kappa shape index (κ2) is 9.07. The highest BCUT2D eigenvalue weighted by atomic mass is 127. The van der Waals surface area contributed by atoms with Crippen molar-refractivity contribution >= 4 is 35.6 Å². The Hall–Kier alpha value is -0.780. The second-order valence-corrected chi connectivity index (χ2v) is 7.40. The molecule has 0 fully saturated rings. The third-order valence-electron chi connectivity index (χ3n) is 5.51. The summed E-state index contributed by atoms with van der Waals surface area (Å²) >= 11 is 0. The third kappa shape index (κ3) is 4.44. The van der Waals surface area contributed by atoms with Gasteiger partial charge in [0.15, 0.2) is 0 Å². The molecule has 1 aliphatic rings. The molecule has 0 aromatic heterocycles. The molecule has 2 rings (SSSR count). The second-order valence-electron chi connectivity index (χ2n) is 7.40. The molecular formula is C20H32INO2. The molecule has 1 aromatic rings. The lowest BCUT2D eigenvalue weighted by molar-refractivity contribution is 0.0696. The molecule has 136 valence electrons. The number of aromatic carboxylic acids is 1. The number of halogens is 1. The highest BCUT2D eigenvalue weighted by Crippen LogP contribution is 2.45. The average molecular weight is 445 g/mol. The number of carboxylic acids is 1. The van der Waals surface area contributed by atoms with E-state index >= 15 is 0 Å². The molecule has 0 bridgehead atoms. The first kappa shape index (κ1) is 21.3. The molecule has 0 amide bonds. The highest BCUT2D eigenvalue weighted by Gasteiger charge is 2.41. The molecule has 1 atom stereocenters. The highest BCUT2D eigenvalue weighted by molar-refractivity contribution is 14.0. The van der Waals surface area contributed by atoms with Crippen LogP contribution in [-0.2, 0) is 5.41 Å². The molecule has 1 N–H and O–H groups in total. The lowest BCUT2D eigenvalue weighted by Gasteiger charge is -2.31. The van der Waals surface area contributed by atoms with Gasteiger partial charge in [0, 0.05) is 23.7 Å². The standard InChI is InChI=1S/C20H31NO2.HI/c1-5-6-7-8-9-10-13-21-15(2)20(3,4)17-14-16(19(22)23)11-12-18(17)21;/h11-12,14-15H,5-10,13H2,1-4H3,(H,22,23);1H. The molecule has 1 aromatic carbocycles. The molecule has 1 heterocycles. The van der Waals surface area contributed by atoms with Crippen molar-refractivity contribution in [3.8, 4) is 0 Å². The summed E-state index contributed by atoms with van der Waals surface area (Å²) < 4.78 is 0. The summed E-state index contributed by atoms with van der Waals surface area (Å²) in [6.45, 7) is 10.0. The minimum Gasteiger partial charge on any atom is -0.478 e. The third-order valence-corrected chi connectivity index (χ3v) is 5.51. The van der Waals surface area contributed by atoms with E-state index in [1.54, 1.807) is 6.07 Å². The molecule has 1 aliphatic heterocycles. The Kier molecular flexibility index (Phi) is 8.03. The van der Waals surface area contributed by atoms with E-state index in [0.717, 1.165) is 6.54 Å². The first-order valence-corrected chi connectivity index (χ1v) is 9.04. The van der Waals surface area contributed by atoms with E-state index in [0.29, 0.717) is 11.6 Å². The van der Waals surface area contributed by atoms with Crippen LogP contribution in [0.1, 0.15) is 82.1 Å². The van der Waals surface area contributed by atoms with Crippen LogP contribution < -0.4 is 4.90 Å². The zero-order chi connectivity index (χ0) is 17.0. The summed E-state index contributed by atoms with van der Waals surface area (Å²) in [6, 6.07) is 6.01. The van der Waals surface area contributed by atoms with Crippen LogP contribution in [0.2, 0.25) is 0 Å². The molecule has 24 heavy (non-hydrogen) atoms. The minimum absolute atomic E-state index is 0. The Labute approximate surface area is 163 Å². The van der Waals surface area contributed by atoms with Crippen molar-refractivity contribution in [3.05, 3.63) is 29.3 Å². The SMILES string of the molecule is CCCCCCCCN1c2ccc(C(=O)O)cc2C(C)(C)C1C.I. The van der Waals surface area contributed by atoms with Gasteiger partial charge in [-0.25, -0.2) is 4.79 Å². The Morgan fingerprint density at radius 3 is 2.42 bits per heavy atom. The maximum Gasteiger partial charge on any atom is 0.335 e. The van der Waals surface area contributed by atoms with Gasteiger partial charge >= 0.3 is 5.97 Å². The van der Waals surface area contributed by atoms with E-state index in [9.17, 15) is 9.90 Å². The number of nitrogens with zero attached hydrogens (tertiary/aromatic N) is 1. The van der Waals surface area contributed by atoms with Crippen LogP contribution in [0.25, 0.3) is 0 Å². The van der Waals surface area contributed by atoms with E-state index in [1.807, 2.05) is 12.1 Å². The minimum atomic E-state index is -0.842. The van der Waals surface area contributed by atoms with Crippen molar-refractivity contribution < 1.29 is 9.90 Å². The molecule has 3 nitrogen and oxygen atoms in total. The predicted octanol–water partition coefficient (Wildman–Crippen LogP) is 5.85. The largest absolute Gasteiger partial charge is 0.478 e. The van der Waals surface area contributed by atoms with Crippen LogP contribution in [0.3, 0.4) is 0 Å². The maximum absolute atomic E-state index is 11.3. The zero-order valence-electron chi connectivity index (χ0n) is 15.5. The number of fused-ring (bicyclic) bond motifs is 1. The molecule has 0 radical (unpaired) electrons. The molecule has 0 saturated carbocycles. The van der Waals surface area contributed by atoms with Gasteiger partial charge in [-0.05, 0) is 37.1 Å². The van der Waals surface area contributed by atoms with Gasteiger partial charge in [0.25, 0.3) is 0 Å². The van der Waals surface area contributed by atoms with Crippen LogP contribution in [0, 0.1) is 0 Å². The normalized spacial score (nSPS) is 18.2. The fourth-order valence-electron chi connectivity index (χ4n) is 3.64. The quantitative estimate of drug-likeness (QED) is 0.403. The van der Waals surface area contributed by atoms with Crippen molar-refractivity contribution in [1.82, 2.24) is 0 Å². The fraction of sp³-hybridized carbons (Fsp3) is 0.650. The maximum atomic E-state index is 11.3. The average Bonchev–Trinajstić information content (AvgIpc) is 2.71. The van der Waals surface area contributed by atoms with Gasteiger partial charge in [-0.1, -0.05) is 52.9 Å². The van der Waals surface area contributed by atoms with Crippen molar-refractivity contribution in [1.29, 1.82) is 0 Å². The summed E-state index contributed by atoms with van der Waals surface area (Å²) in [5, 5.41) is 9.25. The van der Waals surface area contributed by atoms with Crippen molar-refractivity contribution in [2.24, 2.45) is 0 Å². The first-order chi connectivity index (χ1) is 10.9. The van der Waals surface area contributed by atoms with E-state index < -0.39 is 5.97 Å². The summed E-state index contributed by atoms with van der Waals surface area (Å²) in [7, 11) is 0. The van der Waals surface area contributed by atoms with Crippen LogP contribution >= 0.6 is 24.0 Å². The van der Waals surface area contributed by atoms with Crippen molar-refractivity contribution in [2.75, 3.05) is 11.4 Å². The van der Waals surface area contributed by atoms with Gasteiger partial charge in [-0.2, -0.15) is 0 Å². The Morgan fingerprint density at radius 2 is 1.79 bits per heavy atom. The lowest BCUT2D eigenvalue weighted by Crippen LogP contribution is -2.39. The van der Waals surface area contributed by atoms with Gasteiger partial charge in [-0.15, -0.1) is 24.0 Å². The Balaban J connectivity index is 0.00000288. The topological polar surface area (TPSA) is 40.5 Å². The Bertz CT molecular complexity index is 557. The molecule has 1 unspecified atom stereocenters. The summed E-state index contributed by atoms with van der Waals surface area (Å²) in [5.74, 6) is -0.842. The van der Waals surface area contributed by atoms with Gasteiger partial charge in [-0.3, -0.25) is 0 Å². The summed E-state index contributed by atoms with van der Waals surface area (Å²) in [4.78, 5) is 13.7. The van der Waals surface area contributed by atoms with Gasteiger partial charge < -0.3 is 10.0 Å². The monoisotopic (exact) mass is 445 g/mol. The first-order valence-electron chi connectivity index (χ1n) is 9.04. The van der Waals surface area contributed by atoms with E-state index in [-0.39, 0.29) is 29.4 Å². The zero-order valence-corrected chi connectivity index (χ0v) is 17.8. The van der Waals surface area contributed by atoms with Gasteiger partial charge in [0.05, 0.1) is 5.56 Å².